The molecule has 0 radical (unpaired) electrons. The first kappa shape index (κ1) is 13.1. The molecule has 1 heterocycles. The average Bonchev–Trinajstić information content (AvgIpc) is 2.32. The van der Waals surface area contributed by atoms with Gasteiger partial charge in [0.1, 0.15) is 0 Å². The number of hydrogen-bond acceptors (Lipinski definition) is 2. The third kappa shape index (κ3) is 2.93. The van der Waals surface area contributed by atoms with Crippen molar-refractivity contribution in [2.45, 2.75) is 13.8 Å². The molecule has 1 aromatic heterocycles. The van der Waals surface area contributed by atoms with Crippen LogP contribution in [0.5, 0.6) is 0 Å². The first-order valence-electron chi connectivity index (χ1n) is 5.68. The Kier molecular flexibility index (Phi) is 3.55. The van der Waals surface area contributed by atoms with Crippen LogP contribution >= 0.6 is 0 Å². The molecular formula is C14H12F2N2O. The molecule has 1 aromatic carbocycles. The molecule has 0 bridgehead atoms. The number of carbonyl (C=O) groups excluding carboxylic acids is 1. The minimum Gasteiger partial charge on any atom is -0.318 e. The molecule has 2 aromatic rings. The van der Waals surface area contributed by atoms with E-state index < -0.39 is 17.8 Å². The Morgan fingerprint density at radius 2 is 1.89 bits per heavy atom. The molecule has 5 heteroatoms. The summed E-state index contributed by atoms with van der Waals surface area (Å²) in [7, 11) is 0. The van der Waals surface area contributed by atoms with Gasteiger partial charge in [0, 0.05) is 5.56 Å². The molecule has 98 valence electrons. The predicted molar refractivity (Wildman–Crippen MR) is 68.0 cm³/mol. The lowest BCUT2D eigenvalue weighted by atomic mass is 10.1. The topological polar surface area (TPSA) is 42.0 Å². The van der Waals surface area contributed by atoms with Crippen LogP contribution in [0.3, 0.4) is 0 Å². The van der Waals surface area contributed by atoms with Gasteiger partial charge in [-0.05, 0) is 37.6 Å². The van der Waals surface area contributed by atoms with Gasteiger partial charge in [-0.1, -0.05) is 17.7 Å². The molecule has 0 atom stereocenters. The molecule has 2 rings (SSSR count). The number of hydrogen-bond donors (Lipinski definition) is 1. The van der Waals surface area contributed by atoms with Crippen molar-refractivity contribution < 1.29 is 13.6 Å². The molecule has 0 saturated carbocycles. The van der Waals surface area contributed by atoms with Gasteiger partial charge >= 0.3 is 0 Å². The van der Waals surface area contributed by atoms with Crippen molar-refractivity contribution in [2.75, 3.05) is 5.32 Å². The molecule has 1 N–H and O–H groups in total. The number of carbonyl (C=O) groups is 1. The second-order valence-electron chi connectivity index (χ2n) is 4.24. The number of pyridine rings is 1. The second kappa shape index (κ2) is 5.14. The molecule has 3 nitrogen and oxygen atoms in total. The van der Waals surface area contributed by atoms with Crippen LogP contribution in [-0.2, 0) is 0 Å². The van der Waals surface area contributed by atoms with Gasteiger partial charge in [0.05, 0.1) is 5.69 Å². The van der Waals surface area contributed by atoms with Crippen molar-refractivity contribution in [1.29, 1.82) is 0 Å². The van der Waals surface area contributed by atoms with Crippen LogP contribution in [0, 0.1) is 25.7 Å². The van der Waals surface area contributed by atoms with Crippen LogP contribution in [0.1, 0.15) is 21.5 Å². The number of nitrogens with zero attached hydrogens (tertiary/aromatic N) is 1. The third-order valence-electron chi connectivity index (χ3n) is 2.69. The smallest absolute Gasteiger partial charge is 0.256 e. The average molecular weight is 262 g/mol. The molecule has 0 spiro atoms. The lowest BCUT2D eigenvalue weighted by molar-refractivity contribution is 0.102. The van der Waals surface area contributed by atoms with Gasteiger partial charge in [0.2, 0.25) is 11.9 Å². The highest BCUT2D eigenvalue weighted by Crippen LogP contribution is 2.16. The van der Waals surface area contributed by atoms with Crippen LogP contribution in [0.4, 0.5) is 14.5 Å². The zero-order valence-corrected chi connectivity index (χ0v) is 10.5. The number of benzene rings is 1. The summed E-state index contributed by atoms with van der Waals surface area (Å²) in [6.07, 6.45) is 0. The normalized spacial score (nSPS) is 10.3. The van der Waals surface area contributed by atoms with Gasteiger partial charge in [0.15, 0.2) is 0 Å². The Bertz CT molecular complexity index is 641. The largest absolute Gasteiger partial charge is 0.318 e. The fourth-order valence-electron chi connectivity index (χ4n) is 1.76. The van der Waals surface area contributed by atoms with E-state index in [1.165, 1.54) is 0 Å². The standard InChI is InChI=1S/C14H12F2N2O/c1-8-3-4-10(9(2)7-8)14(19)17-11-5-6-12(15)18-13(11)16/h3-7H,1-2H3,(H,17,19). The van der Waals surface area contributed by atoms with Gasteiger partial charge < -0.3 is 5.32 Å². The maximum Gasteiger partial charge on any atom is 0.256 e. The predicted octanol–water partition coefficient (Wildman–Crippen LogP) is 3.23. The molecule has 0 unspecified atom stereocenters. The summed E-state index contributed by atoms with van der Waals surface area (Å²) in [4.78, 5) is 15.0. The van der Waals surface area contributed by atoms with Crippen molar-refractivity contribution in [3.05, 3.63) is 58.9 Å². The summed E-state index contributed by atoms with van der Waals surface area (Å²) in [6, 6.07) is 7.43. The van der Waals surface area contributed by atoms with Gasteiger partial charge in [-0.15, -0.1) is 0 Å². The van der Waals surface area contributed by atoms with Crippen molar-refractivity contribution in [1.82, 2.24) is 4.98 Å². The zero-order chi connectivity index (χ0) is 14.0. The molecule has 0 fully saturated rings. The zero-order valence-electron chi connectivity index (χ0n) is 10.5. The van der Waals surface area contributed by atoms with E-state index in [0.29, 0.717) is 5.56 Å². The van der Waals surface area contributed by atoms with E-state index in [-0.39, 0.29) is 5.69 Å². The first-order valence-corrected chi connectivity index (χ1v) is 5.68. The highest BCUT2D eigenvalue weighted by Gasteiger charge is 2.12. The van der Waals surface area contributed by atoms with Crippen LogP contribution < -0.4 is 5.32 Å². The summed E-state index contributed by atoms with van der Waals surface area (Å²) in [5.41, 5.74) is 2.11. The molecule has 1 amide bonds. The molecule has 0 saturated heterocycles. The van der Waals surface area contributed by atoms with Crippen LogP contribution in [0.2, 0.25) is 0 Å². The van der Waals surface area contributed by atoms with E-state index in [2.05, 4.69) is 10.3 Å². The number of halogens is 2. The molecular weight excluding hydrogens is 250 g/mol. The minimum absolute atomic E-state index is 0.147. The lowest BCUT2D eigenvalue weighted by Gasteiger charge is -2.08. The highest BCUT2D eigenvalue weighted by molar-refractivity contribution is 6.05. The van der Waals surface area contributed by atoms with Crippen molar-refractivity contribution >= 4 is 11.6 Å². The Morgan fingerprint density at radius 3 is 2.53 bits per heavy atom. The SMILES string of the molecule is Cc1ccc(C(=O)Nc2ccc(F)nc2F)c(C)c1. The molecule has 0 aliphatic carbocycles. The van der Waals surface area contributed by atoms with E-state index >= 15 is 0 Å². The summed E-state index contributed by atoms with van der Waals surface area (Å²) in [5.74, 6) is -2.43. The van der Waals surface area contributed by atoms with Crippen LogP contribution in [-0.4, -0.2) is 10.9 Å². The molecule has 19 heavy (non-hydrogen) atoms. The number of nitrogens with one attached hydrogen (secondary N) is 1. The quantitative estimate of drug-likeness (QED) is 0.844. The number of anilines is 1. The maximum absolute atomic E-state index is 13.3. The van der Waals surface area contributed by atoms with E-state index in [9.17, 15) is 13.6 Å². The Labute approximate surface area is 109 Å². The van der Waals surface area contributed by atoms with Gasteiger partial charge in [-0.25, -0.2) is 0 Å². The summed E-state index contributed by atoms with van der Waals surface area (Å²) in [6.45, 7) is 3.71. The van der Waals surface area contributed by atoms with Crippen LogP contribution in [0.15, 0.2) is 30.3 Å². The van der Waals surface area contributed by atoms with Crippen molar-refractivity contribution in [3.63, 3.8) is 0 Å². The summed E-state index contributed by atoms with van der Waals surface area (Å²) in [5, 5.41) is 2.37. The van der Waals surface area contributed by atoms with E-state index in [1.54, 1.807) is 19.1 Å². The third-order valence-corrected chi connectivity index (χ3v) is 2.69. The lowest BCUT2D eigenvalue weighted by Crippen LogP contribution is -2.15. The number of amides is 1. The molecule has 0 aliphatic rings. The van der Waals surface area contributed by atoms with E-state index in [4.69, 9.17) is 0 Å². The molecule has 0 aliphatic heterocycles. The van der Waals surface area contributed by atoms with Gasteiger partial charge in [-0.3, -0.25) is 4.79 Å². The number of rotatable bonds is 2. The second-order valence-corrected chi connectivity index (χ2v) is 4.24. The highest BCUT2D eigenvalue weighted by atomic mass is 19.1. The Morgan fingerprint density at radius 1 is 1.16 bits per heavy atom. The number of aromatic nitrogens is 1. The monoisotopic (exact) mass is 262 g/mol. The fourth-order valence-corrected chi connectivity index (χ4v) is 1.76. The fraction of sp³-hybridized carbons (Fsp3) is 0.143. The Hall–Kier alpha value is -2.30. The van der Waals surface area contributed by atoms with E-state index in [0.717, 1.165) is 23.3 Å². The van der Waals surface area contributed by atoms with Crippen LogP contribution in [0.25, 0.3) is 0 Å². The number of aryl methyl sites for hydroxylation is 2. The van der Waals surface area contributed by atoms with Gasteiger partial charge in [-0.2, -0.15) is 13.8 Å². The minimum atomic E-state index is -1.04. The van der Waals surface area contributed by atoms with Crippen molar-refractivity contribution in [2.24, 2.45) is 0 Å². The Balaban J connectivity index is 2.25. The van der Waals surface area contributed by atoms with Gasteiger partial charge in [0.25, 0.3) is 5.91 Å². The maximum atomic E-state index is 13.3. The summed E-state index contributed by atoms with van der Waals surface area (Å²) < 4.78 is 26.0. The summed E-state index contributed by atoms with van der Waals surface area (Å²) >= 11 is 0. The first-order chi connectivity index (χ1) is 8.97. The van der Waals surface area contributed by atoms with E-state index in [1.807, 2.05) is 13.0 Å². The van der Waals surface area contributed by atoms with Crippen molar-refractivity contribution in [3.8, 4) is 0 Å².